The lowest BCUT2D eigenvalue weighted by Crippen LogP contribution is -2.55. The maximum absolute atomic E-state index is 14.3. The predicted molar refractivity (Wildman–Crippen MR) is 134 cm³/mol. The van der Waals surface area contributed by atoms with Crippen molar-refractivity contribution in [3.05, 3.63) is 36.9 Å². The lowest BCUT2D eigenvalue weighted by molar-refractivity contribution is -0.148. The molecule has 0 saturated carbocycles. The van der Waals surface area contributed by atoms with Crippen LogP contribution in [-0.4, -0.2) is 88.5 Å². The van der Waals surface area contributed by atoms with Crippen molar-refractivity contribution in [1.82, 2.24) is 24.8 Å². The molecule has 192 valence electrons. The van der Waals surface area contributed by atoms with Crippen LogP contribution in [0.15, 0.2) is 36.9 Å². The molecule has 1 aromatic heterocycles. The average Bonchev–Trinajstić information content (AvgIpc) is 3.61. The highest BCUT2D eigenvalue weighted by atomic mass is 32.2. The Bertz CT molecular complexity index is 1190. The molecule has 3 fully saturated rings. The number of carboxylic acids is 1. The quantitative estimate of drug-likeness (QED) is 0.343. The van der Waals surface area contributed by atoms with Gasteiger partial charge in [0.25, 0.3) is 0 Å². The fourth-order valence-electron chi connectivity index (χ4n) is 6.25. The number of hydrogen-bond acceptors (Lipinski definition) is 7. The first-order valence-electron chi connectivity index (χ1n) is 12.4. The highest BCUT2D eigenvalue weighted by Crippen LogP contribution is 2.66. The van der Waals surface area contributed by atoms with Crippen molar-refractivity contribution in [1.29, 1.82) is 0 Å². The van der Waals surface area contributed by atoms with Crippen LogP contribution in [-0.2, 0) is 21.1 Å². The number of para-hydroxylation sites is 1. The number of thioether (sulfide) groups is 1. The van der Waals surface area contributed by atoms with E-state index in [0.717, 1.165) is 17.5 Å². The van der Waals surface area contributed by atoms with Gasteiger partial charge in [-0.25, -0.2) is 4.68 Å². The van der Waals surface area contributed by atoms with Crippen molar-refractivity contribution in [3.8, 4) is 0 Å². The molecule has 5 rings (SSSR count). The van der Waals surface area contributed by atoms with E-state index in [2.05, 4.69) is 16.9 Å². The molecule has 1 aromatic carbocycles. The van der Waals surface area contributed by atoms with Gasteiger partial charge in [0.05, 0.1) is 22.1 Å². The van der Waals surface area contributed by atoms with E-state index in [1.165, 1.54) is 11.8 Å². The number of likely N-dealkylation sites (tertiary alicyclic amines) is 1. The highest BCUT2D eigenvalue weighted by Gasteiger charge is 2.73. The molecular formula is C25H31N5O5S. The van der Waals surface area contributed by atoms with Crippen molar-refractivity contribution in [2.45, 2.75) is 54.8 Å². The third kappa shape index (κ3) is 3.88. The Morgan fingerprint density at radius 1 is 1.28 bits per heavy atom. The van der Waals surface area contributed by atoms with Gasteiger partial charge in [-0.15, -0.1) is 23.4 Å². The fourth-order valence-corrected chi connectivity index (χ4v) is 8.46. The number of hydrogen-bond donors (Lipinski definition) is 2. The van der Waals surface area contributed by atoms with Crippen LogP contribution in [0, 0.1) is 11.8 Å². The Hall–Kier alpha value is -2.92. The Labute approximate surface area is 213 Å². The minimum absolute atomic E-state index is 0.0699. The van der Waals surface area contributed by atoms with Crippen LogP contribution in [0.1, 0.15) is 32.1 Å². The van der Waals surface area contributed by atoms with Crippen molar-refractivity contribution < 1.29 is 24.6 Å². The van der Waals surface area contributed by atoms with E-state index in [0.29, 0.717) is 32.2 Å². The molecule has 0 aliphatic carbocycles. The van der Waals surface area contributed by atoms with Crippen LogP contribution in [0.5, 0.6) is 0 Å². The zero-order chi connectivity index (χ0) is 25.4. The minimum atomic E-state index is -0.960. The third-order valence-corrected chi connectivity index (χ3v) is 9.71. The maximum Gasteiger partial charge on any atom is 0.308 e. The average molecular weight is 514 g/mol. The molecule has 5 atom stereocenters. The van der Waals surface area contributed by atoms with E-state index in [-0.39, 0.29) is 36.9 Å². The summed E-state index contributed by atoms with van der Waals surface area (Å²) >= 11 is 1.53. The predicted octanol–water partition coefficient (Wildman–Crippen LogP) is 1.74. The summed E-state index contributed by atoms with van der Waals surface area (Å²) < 4.78 is 0.913. The summed E-state index contributed by atoms with van der Waals surface area (Å²) in [4.78, 5) is 43.4. The van der Waals surface area contributed by atoms with Crippen LogP contribution < -0.4 is 0 Å². The first-order valence-corrected chi connectivity index (χ1v) is 13.3. The van der Waals surface area contributed by atoms with Gasteiger partial charge in [-0.2, -0.15) is 0 Å². The normalized spacial score (nSPS) is 28.6. The molecule has 3 aliphatic rings. The second-order valence-electron chi connectivity index (χ2n) is 9.78. The summed E-state index contributed by atoms with van der Waals surface area (Å²) in [6.07, 6.45) is 4.95. The van der Waals surface area contributed by atoms with Gasteiger partial charge in [0.15, 0.2) is 0 Å². The van der Waals surface area contributed by atoms with Gasteiger partial charge in [0, 0.05) is 24.9 Å². The van der Waals surface area contributed by atoms with Gasteiger partial charge in [-0.05, 0) is 44.2 Å². The summed E-state index contributed by atoms with van der Waals surface area (Å²) in [7, 11) is 0. The number of aliphatic hydroxyl groups excluding tert-OH is 1. The molecule has 2 aromatic rings. The van der Waals surface area contributed by atoms with Crippen LogP contribution in [0.25, 0.3) is 11.0 Å². The molecule has 3 aliphatic heterocycles. The molecule has 4 heterocycles. The molecule has 36 heavy (non-hydrogen) atoms. The van der Waals surface area contributed by atoms with Gasteiger partial charge in [0.1, 0.15) is 18.2 Å². The molecule has 1 spiro atoms. The fraction of sp³-hybridized carbons (Fsp3) is 0.560. The largest absolute Gasteiger partial charge is 0.481 e. The van der Waals surface area contributed by atoms with Crippen molar-refractivity contribution in [2.75, 3.05) is 19.7 Å². The number of aliphatic carboxylic acids is 1. The molecule has 2 amide bonds. The number of amides is 2. The summed E-state index contributed by atoms with van der Waals surface area (Å²) in [5.74, 6) is -2.89. The lowest BCUT2D eigenvalue weighted by atomic mass is 9.71. The molecular weight excluding hydrogens is 482 g/mol. The Kier molecular flexibility index (Phi) is 6.78. The second-order valence-corrected chi connectivity index (χ2v) is 11.4. The Morgan fingerprint density at radius 2 is 2.08 bits per heavy atom. The standard InChI is InChI=1S/C25H31N5O5S/c1-2-12-28(15-30-17-9-5-4-8-16(17)26-27-30)23(33)21-25-11-10-18(36-25)19(24(34)35)20(25)22(32)29(21)13-6-3-7-14-31/h2,4-5,8-9,18-21,31H,1,3,6-7,10-15H2,(H,34,35)/t18-,19+,20-,21?,25?/m0/s1. The highest BCUT2D eigenvalue weighted by molar-refractivity contribution is 8.02. The van der Waals surface area contributed by atoms with Crippen LogP contribution in [0.4, 0.5) is 0 Å². The Balaban J connectivity index is 1.48. The number of unbranched alkanes of at least 4 members (excludes halogenated alkanes) is 2. The summed E-state index contributed by atoms with van der Waals surface area (Å²) in [6, 6.07) is 6.75. The topological polar surface area (TPSA) is 129 Å². The van der Waals surface area contributed by atoms with E-state index in [9.17, 15) is 19.5 Å². The smallest absolute Gasteiger partial charge is 0.308 e. The van der Waals surface area contributed by atoms with E-state index < -0.39 is 28.6 Å². The molecule has 0 radical (unpaired) electrons. The number of aliphatic hydroxyl groups is 1. The first-order chi connectivity index (χ1) is 17.4. The SMILES string of the molecule is C=CCN(Cn1nnc2ccccc21)C(=O)C1N(CCCCCO)C(=O)[C@@H]2[C@H](C(=O)O)[C@@H]3CCC12S3. The van der Waals surface area contributed by atoms with Crippen LogP contribution in [0.2, 0.25) is 0 Å². The first kappa shape index (κ1) is 24.8. The minimum Gasteiger partial charge on any atom is -0.481 e. The van der Waals surface area contributed by atoms with E-state index in [4.69, 9.17) is 5.11 Å². The van der Waals surface area contributed by atoms with E-state index in [1.807, 2.05) is 24.3 Å². The number of carbonyl (C=O) groups excluding carboxylic acids is 2. The zero-order valence-corrected chi connectivity index (χ0v) is 20.8. The lowest BCUT2D eigenvalue weighted by Gasteiger charge is -2.37. The number of carboxylic acid groups (broad SMARTS) is 1. The Morgan fingerprint density at radius 3 is 2.83 bits per heavy atom. The molecule has 2 unspecified atom stereocenters. The zero-order valence-electron chi connectivity index (χ0n) is 20.0. The van der Waals surface area contributed by atoms with Gasteiger partial charge < -0.3 is 20.0 Å². The monoisotopic (exact) mass is 513 g/mol. The summed E-state index contributed by atoms with van der Waals surface area (Å²) in [5, 5.41) is 27.4. The van der Waals surface area contributed by atoms with E-state index in [1.54, 1.807) is 20.6 Å². The van der Waals surface area contributed by atoms with Gasteiger partial charge in [-0.1, -0.05) is 23.4 Å². The van der Waals surface area contributed by atoms with Crippen molar-refractivity contribution in [3.63, 3.8) is 0 Å². The van der Waals surface area contributed by atoms with Crippen molar-refractivity contribution >= 4 is 40.6 Å². The van der Waals surface area contributed by atoms with Crippen LogP contribution >= 0.6 is 11.8 Å². The number of aromatic nitrogens is 3. The summed E-state index contributed by atoms with van der Waals surface area (Å²) in [6.45, 7) is 4.66. The van der Waals surface area contributed by atoms with Gasteiger partial charge >= 0.3 is 5.97 Å². The number of fused-ring (bicyclic) bond motifs is 2. The molecule has 10 nitrogen and oxygen atoms in total. The molecule has 11 heteroatoms. The third-order valence-electron chi connectivity index (χ3n) is 7.76. The number of benzene rings is 1. The van der Waals surface area contributed by atoms with Crippen LogP contribution in [0.3, 0.4) is 0 Å². The second kappa shape index (κ2) is 9.85. The molecule has 2 bridgehead atoms. The maximum atomic E-state index is 14.3. The van der Waals surface area contributed by atoms with E-state index >= 15 is 0 Å². The molecule has 2 N–H and O–H groups in total. The van der Waals surface area contributed by atoms with Crippen molar-refractivity contribution in [2.24, 2.45) is 11.8 Å². The summed E-state index contributed by atoms with van der Waals surface area (Å²) in [5.41, 5.74) is 1.51. The number of nitrogens with zero attached hydrogens (tertiary/aromatic N) is 5. The van der Waals surface area contributed by atoms with Gasteiger partial charge in [-0.3, -0.25) is 14.4 Å². The molecule has 3 saturated heterocycles. The number of rotatable bonds is 11. The number of carbonyl (C=O) groups is 3. The van der Waals surface area contributed by atoms with Gasteiger partial charge in [0.2, 0.25) is 11.8 Å².